The number of anilines is 2. The predicted octanol–water partition coefficient (Wildman–Crippen LogP) is 3.27. The fourth-order valence-electron chi connectivity index (χ4n) is 1.75. The summed E-state index contributed by atoms with van der Waals surface area (Å²) < 4.78 is 6.45. The minimum absolute atomic E-state index is 0.465. The Morgan fingerprint density at radius 3 is 2.32 bits per heavy atom. The summed E-state index contributed by atoms with van der Waals surface area (Å²) in [6.07, 6.45) is 0. The quantitative estimate of drug-likeness (QED) is 0.601. The van der Waals surface area contributed by atoms with Crippen LogP contribution in [0.25, 0.3) is 0 Å². The van der Waals surface area contributed by atoms with Crippen LogP contribution in [0.3, 0.4) is 0 Å². The summed E-state index contributed by atoms with van der Waals surface area (Å²) in [6, 6.07) is 14.1. The van der Waals surface area contributed by atoms with Crippen LogP contribution in [0.15, 0.2) is 48.5 Å². The van der Waals surface area contributed by atoms with Crippen molar-refractivity contribution >= 4 is 45.8 Å². The van der Waals surface area contributed by atoms with Gasteiger partial charge in [0.25, 0.3) is 0 Å². The van der Waals surface area contributed by atoms with E-state index in [2.05, 4.69) is 33.2 Å². The van der Waals surface area contributed by atoms with Crippen molar-refractivity contribution in [3.05, 3.63) is 52.1 Å². The highest BCUT2D eigenvalue weighted by molar-refractivity contribution is 14.1. The highest BCUT2D eigenvalue weighted by Gasteiger charge is 2.15. The van der Waals surface area contributed by atoms with Gasteiger partial charge < -0.3 is 15.4 Å². The van der Waals surface area contributed by atoms with Gasteiger partial charge in [0.05, 0.1) is 12.3 Å². The summed E-state index contributed by atoms with van der Waals surface area (Å²) in [6.45, 7) is 2.32. The van der Waals surface area contributed by atoms with E-state index < -0.39 is 11.8 Å². The minimum atomic E-state index is -0.745. The van der Waals surface area contributed by atoms with Crippen molar-refractivity contribution in [1.29, 1.82) is 0 Å². The van der Waals surface area contributed by atoms with Crippen LogP contribution in [-0.2, 0) is 9.59 Å². The zero-order chi connectivity index (χ0) is 15.9. The number of halogens is 1. The van der Waals surface area contributed by atoms with Gasteiger partial charge in [0.15, 0.2) is 0 Å². The summed E-state index contributed by atoms with van der Waals surface area (Å²) in [4.78, 5) is 23.9. The summed E-state index contributed by atoms with van der Waals surface area (Å²) in [5.41, 5.74) is 1.03. The minimum Gasteiger partial charge on any atom is -0.492 e. The van der Waals surface area contributed by atoms with Crippen LogP contribution in [0.4, 0.5) is 11.4 Å². The van der Waals surface area contributed by atoms with Crippen LogP contribution in [0.2, 0.25) is 0 Å². The van der Waals surface area contributed by atoms with E-state index in [1.807, 2.05) is 19.1 Å². The van der Waals surface area contributed by atoms with Gasteiger partial charge in [-0.05, 0) is 65.9 Å². The third kappa shape index (κ3) is 4.45. The maximum Gasteiger partial charge on any atom is 0.314 e. The van der Waals surface area contributed by atoms with Gasteiger partial charge in [-0.25, -0.2) is 0 Å². The van der Waals surface area contributed by atoms with Crippen molar-refractivity contribution in [2.45, 2.75) is 6.92 Å². The number of hydrogen-bond donors (Lipinski definition) is 2. The number of para-hydroxylation sites is 2. The van der Waals surface area contributed by atoms with Crippen LogP contribution in [0.1, 0.15) is 6.92 Å². The molecule has 2 rings (SSSR count). The van der Waals surface area contributed by atoms with Gasteiger partial charge in [0, 0.05) is 9.26 Å². The molecule has 0 spiro atoms. The van der Waals surface area contributed by atoms with E-state index >= 15 is 0 Å². The zero-order valence-electron chi connectivity index (χ0n) is 11.9. The lowest BCUT2D eigenvalue weighted by atomic mass is 10.3. The third-order valence-corrected chi connectivity index (χ3v) is 3.46. The molecule has 0 atom stereocenters. The largest absolute Gasteiger partial charge is 0.492 e. The molecule has 0 unspecified atom stereocenters. The van der Waals surface area contributed by atoms with E-state index in [9.17, 15) is 9.59 Å². The number of benzene rings is 2. The highest BCUT2D eigenvalue weighted by atomic mass is 127. The molecule has 2 aromatic carbocycles. The Balaban J connectivity index is 2.02. The second-order valence-corrected chi connectivity index (χ2v) is 5.59. The molecule has 0 aliphatic heterocycles. The maximum atomic E-state index is 12.0. The van der Waals surface area contributed by atoms with Crippen molar-refractivity contribution in [3.8, 4) is 5.75 Å². The number of hydrogen-bond acceptors (Lipinski definition) is 3. The van der Waals surface area contributed by atoms with Gasteiger partial charge in [-0.2, -0.15) is 0 Å². The number of nitrogens with one attached hydrogen (secondary N) is 2. The van der Waals surface area contributed by atoms with E-state index in [-0.39, 0.29) is 0 Å². The van der Waals surface area contributed by atoms with Gasteiger partial charge in [-0.1, -0.05) is 12.1 Å². The molecule has 0 heterocycles. The molecule has 2 aromatic rings. The Hall–Kier alpha value is -2.09. The first-order chi connectivity index (χ1) is 10.6. The van der Waals surface area contributed by atoms with E-state index in [0.29, 0.717) is 23.7 Å². The average Bonchev–Trinajstić information content (AvgIpc) is 2.51. The van der Waals surface area contributed by atoms with Crippen LogP contribution in [-0.4, -0.2) is 18.4 Å². The molecule has 0 aliphatic carbocycles. The summed E-state index contributed by atoms with van der Waals surface area (Å²) in [7, 11) is 0. The molecular formula is C16H15IN2O3. The molecule has 2 N–H and O–H groups in total. The molecule has 0 saturated carbocycles. The van der Waals surface area contributed by atoms with Crippen LogP contribution in [0.5, 0.6) is 5.75 Å². The van der Waals surface area contributed by atoms with Crippen molar-refractivity contribution in [2.24, 2.45) is 0 Å². The van der Waals surface area contributed by atoms with Gasteiger partial charge in [0.2, 0.25) is 0 Å². The van der Waals surface area contributed by atoms with Crippen LogP contribution in [0, 0.1) is 3.57 Å². The van der Waals surface area contributed by atoms with E-state index in [1.54, 1.807) is 36.4 Å². The van der Waals surface area contributed by atoms with Gasteiger partial charge in [0.1, 0.15) is 5.75 Å². The molecule has 0 aromatic heterocycles. The number of rotatable bonds is 4. The first-order valence-corrected chi connectivity index (χ1v) is 7.77. The third-order valence-electron chi connectivity index (χ3n) is 2.74. The van der Waals surface area contributed by atoms with Gasteiger partial charge in [-0.15, -0.1) is 0 Å². The molecule has 5 nitrogen and oxygen atoms in total. The van der Waals surface area contributed by atoms with E-state index in [0.717, 1.165) is 3.57 Å². The second-order valence-electron chi connectivity index (χ2n) is 4.34. The van der Waals surface area contributed by atoms with E-state index in [1.165, 1.54) is 0 Å². The van der Waals surface area contributed by atoms with E-state index in [4.69, 9.17) is 4.74 Å². The molecule has 0 bridgehead atoms. The lowest BCUT2D eigenvalue weighted by Crippen LogP contribution is -2.29. The Morgan fingerprint density at radius 1 is 1.00 bits per heavy atom. The monoisotopic (exact) mass is 410 g/mol. The normalized spacial score (nSPS) is 9.91. The van der Waals surface area contributed by atoms with Crippen molar-refractivity contribution in [3.63, 3.8) is 0 Å². The lowest BCUT2D eigenvalue weighted by Gasteiger charge is -2.11. The Bertz CT molecular complexity index is 671. The highest BCUT2D eigenvalue weighted by Crippen LogP contribution is 2.23. The predicted molar refractivity (Wildman–Crippen MR) is 94.0 cm³/mol. The SMILES string of the molecule is CCOc1ccccc1NC(=O)C(=O)Nc1ccc(I)cc1. The van der Waals surface area contributed by atoms with Crippen LogP contribution >= 0.6 is 22.6 Å². The van der Waals surface area contributed by atoms with Crippen molar-refractivity contribution in [1.82, 2.24) is 0 Å². The fourth-order valence-corrected chi connectivity index (χ4v) is 2.11. The van der Waals surface area contributed by atoms with Crippen molar-refractivity contribution < 1.29 is 14.3 Å². The Kier molecular flexibility index (Phi) is 5.76. The number of carbonyl (C=O) groups is 2. The molecule has 6 heteroatoms. The number of carbonyl (C=O) groups excluding carboxylic acids is 2. The molecule has 0 fully saturated rings. The summed E-state index contributed by atoms with van der Waals surface area (Å²) >= 11 is 2.16. The smallest absolute Gasteiger partial charge is 0.314 e. The maximum absolute atomic E-state index is 12.0. The fraction of sp³-hybridized carbons (Fsp3) is 0.125. The topological polar surface area (TPSA) is 67.4 Å². The first-order valence-electron chi connectivity index (χ1n) is 6.70. The number of amides is 2. The second kappa shape index (κ2) is 7.79. The average molecular weight is 410 g/mol. The van der Waals surface area contributed by atoms with Gasteiger partial charge in [-0.3, -0.25) is 9.59 Å². The molecule has 0 aliphatic rings. The molecule has 114 valence electrons. The molecular weight excluding hydrogens is 395 g/mol. The standard InChI is InChI=1S/C16H15IN2O3/c1-2-22-14-6-4-3-5-13(14)19-16(21)15(20)18-12-9-7-11(17)8-10-12/h3-10H,2H2,1H3,(H,18,20)(H,19,21). The molecule has 2 amide bonds. The molecule has 0 radical (unpaired) electrons. The Labute approximate surface area is 142 Å². The van der Waals surface area contributed by atoms with Gasteiger partial charge >= 0.3 is 11.8 Å². The van der Waals surface area contributed by atoms with Crippen molar-refractivity contribution in [2.75, 3.05) is 17.2 Å². The molecule has 0 saturated heterocycles. The molecule has 22 heavy (non-hydrogen) atoms. The Morgan fingerprint density at radius 2 is 1.64 bits per heavy atom. The lowest BCUT2D eigenvalue weighted by molar-refractivity contribution is -0.133. The number of ether oxygens (including phenoxy) is 1. The van der Waals surface area contributed by atoms with Crippen LogP contribution < -0.4 is 15.4 Å². The summed E-state index contributed by atoms with van der Waals surface area (Å²) in [5, 5.41) is 5.09. The zero-order valence-corrected chi connectivity index (χ0v) is 14.1. The summed E-state index contributed by atoms with van der Waals surface area (Å²) in [5.74, 6) is -0.946. The first kappa shape index (κ1) is 16.3.